The molecule has 25 heavy (non-hydrogen) atoms. The van der Waals surface area contributed by atoms with Gasteiger partial charge in [-0.1, -0.05) is 18.1 Å². The number of hydrogen-bond donors (Lipinski definition) is 1. The molecule has 0 aliphatic carbocycles. The van der Waals surface area contributed by atoms with Crippen molar-refractivity contribution in [1.82, 2.24) is 10.2 Å². The number of terminal acetylenes is 1. The van der Waals surface area contributed by atoms with Crippen molar-refractivity contribution in [3.63, 3.8) is 0 Å². The zero-order valence-electron chi connectivity index (χ0n) is 13.0. The van der Waals surface area contributed by atoms with Crippen LogP contribution in [-0.2, 0) is 9.59 Å². The molecule has 0 saturated carbocycles. The Bertz CT molecular complexity index is 1030. The topological polar surface area (TPSA) is 83.6 Å². The fourth-order valence-electron chi connectivity index (χ4n) is 3.42. The maximum absolute atomic E-state index is 13.0. The van der Waals surface area contributed by atoms with Crippen molar-refractivity contribution in [1.29, 1.82) is 0 Å². The number of carbonyl (C=O) groups excluding carboxylic acids is 4. The second kappa shape index (κ2) is 5.28. The van der Waals surface area contributed by atoms with Gasteiger partial charge in [-0.3, -0.25) is 29.4 Å². The van der Waals surface area contributed by atoms with Crippen molar-refractivity contribution >= 4 is 34.4 Å². The van der Waals surface area contributed by atoms with E-state index in [0.717, 1.165) is 4.90 Å². The van der Waals surface area contributed by atoms with Gasteiger partial charge in [0.25, 0.3) is 11.8 Å². The van der Waals surface area contributed by atoms with Crippen LogP contribution in [0.5, 0.6) is 0 Å². The van der Waals surface area contributed by atoms with E-state index in [1.165, 1.54) is 0 Å². The van der Waals surface area contributed by atoms with Crippen LogP contribution in [0.4, 0.5) is 0 Å². The average Bonchev–Trinajstić information content (AvgIpc) is 2.60. The van der Waals surface area contributed by atoms with Crippen molar-refractivity contribution in [2.24, 2.45) is 0 Å². The van der Waals surface area contributed by atoms with E-state index >= 15 is 0 Å². The van der Waals surface area contributed by atoms with Gasteiger partial charge in [-0.15, -0.1) is 6.42 Å². The average molecular weight is 332 g/mol. The number of nitrogens with one attached hydrogen (secondary N) is 1. The van der Waals surface area contributed by atoms with Gasteiger partial charge in [0, 0.05) is 28.5 Å². The van der Waals surface area contributed by atoms with E-state index in [1.807, 2.05) is 0 Å². The molecule has 6 heteroatoms. The van der Waals surface area contributed by atoms with E-state index in [2.05, 4.69) is 11.2 Å². The Hall–Kier alpha value is -3.46. The third-order valence-electron chi connectivity index (χ3n) is 4.56. The van der Waals surface area contributed by atoms with Crippen molar-refractivity contribution in [3.8, 4) is 12.3 Å². The van der Waals surface area contributed by atoms with Gasteiger partial charge in [0.2, 0.25) is 11.8 Å². The Balaban J connectivity index is 1.90. The maximum Gasteiger partial charge on any atom is 0.262 e. The molecule has 4 rings (SSSR count). The maximum atomic E-state index is 13.0. The quantitative estimate of drug-likeness (QED) is 0.629. The standard InChI is InChI=1S/C19H12N2O4/c1-2-10-8-11-4-3-5-12-16(11)13(9-10)19(25)21(18(12)24)14-6-7-15(22)20-17(14)23/h1,3-5,8-9,14H,6-7H2,(H,20,22,23). The Morgan fingerprint density at radius 2 is 1.84 bits per heavy atom. The smallest absolute Gasteiger partial charge is 0.262 e. The van der Waals surface area contributed by atoms with Crippen LogP contribution in [0.3, 0.4) is 0 Å². The van der Waals surface area contributed by atoms with E-state index in [4.69, 9.17) is 6.42 Å². The van der Waals surface area contributed by atoms with Crippen LogP contribution >= 0.6 is 0 Å². The molecule has 0 aromatic heterocycles. The highest BCUT2D eigenvalue weighted by molar-refractivity contribution is 6.27. The van der Waals surface area contributed by atoms with Crippen molar-refractivity contribution in [3.05, 3.63) is 47.0 Å². The van der Waals surface area contributed by atoms with Crippen LogP contribution in [0, 0.1) is 12.3 Å². The largest absolute Gasteiger partial charge is 0.295 e. The van der Waals surface area contributed by atoms with Gasteiger partial charge < -0.3 is 0 Å². The lowest BCUT2D eigenvalue weighted by Gasteiger charge is -2.34. The molecule has 2 aliphatic heterocycles. The number of piperidine rings is 1. The molecule has 1 saturated heterocycles. The van der Waals surface area contributed by atoms with E-state index in [1.54, 1.807) is 30.3 Å². The zero-order valence-corrected chi connectivity index (χ0v) is 13.0. The second-order valence-corrected chi connectivity index (χ2v) is 6.02. The molecule has 0 bridgehead atoms. The summed E-state index contributed by atoms with van der Waals surface area (Å²) in [7, 11) is 0. The predicted molar refractivity (Wildman–Crippen MR) is 88.6 cm³/mol. The lowest BCUT2D eigenvalue weighted by molar-refractivity contribution is -0.136. The molecule has 6 nitrogen and oxygen atoms in total. The molecule has 2 aromatic carbocycles. The summed E-state index contributed by atoms with van der Waals surface area (Å²) in [4.78, 5) is 50.3. The first kappa shape index (κ1) is 15.1. The minimum absolute atomic E-state index is 0.0783. The molecule has 0 radical (unpaired) electrons. The monoisotopic (exact) mass is 332 g/mol. The molecule has 1 fully saturated rings. The number of rotatable bonds is 1. The second-order valence-electron chi connectivity index (χ2n) is 6.02. The fourth-order valence-corrected chi connectivity index (χ4v) is 3.42. The van der Waals surface area contributed by atoms with E-state index in [0.29, 0.717) is 27.5 Å². The normalized spacial score (nSPS) is 19.8. The minimum atomic E-state index is -1.00. The van der Waals surface area contributed by atoms with Gasteiger partial charge in [0.1, 0.15) is 6.04 Å². The van der Waals surface area contributed by atoms with E-state index in [-0.39, 0.29) is 12.8 Å². The van der Waals surface area contributed by atoms with Crippen LogP contribution in [0.25, 0.3) is 10.8 Å². The summed E-state index contributed by atoms with van der Waals surface area (Å²) in [5, 5.41) is 3.43. The lowest BCUT2D eigenvalue weighted by atomic mass is 9.90. The highest BCUT2D eigenvalue weighted by Gasteiger charge is 2.42. The molecule has 4 amide bonds. The summed E-state index contributed by atoms with van der Waals surface area (Å²) < 4.78 is 0. The van der Waals surface area contributed by atoms with Crippen LogP contribution in [0.15, 0.2) is 30.3 Å². The molecule has 1 atom stereocenters. The Kier molecular flexibility index (Phi) is 3.19. The van der Waals surface area contributed by atoms with Gasteiger partial charge in [-0.05, 0) is 30.0 Å². The Morgan fingerprint density at radius 1 is 1.08 bits per heavy atom. The Morgan fingerprint density at radius 3 is 2.56 bits per heavy atom. The molecule has 1 unspecified atom stereocenters. The van der Waals surface area contributed by atoms with Crippen LogP contribution in [0.1, 0.15) is 39.1 Å². The number of imide groups is 2. The summed E-state index contributed by atoms with van der Waals surface area (Å²) in [5.41, 5.74) is 1.16. The molecule has 1 N–H and O–H groups in total. The van der Waals surface area contributed by atoms with Gasteiger partial charge in [-0.25, -0.2) is 0 Å². The third-order valence-corrected chi connectivity index (χ3v) is 4.56. The van der Waals surface area contributed by atoms with Gasteiger partial charge in [0.05, 0.1) is 0 Å². The number of nitrogens with zero attached hydrogens (tertiary/aromatic N) is 1. The van der Waals surface area contributed by atoms with E-state index in [9.17, 15) is 19.2 Å². The first-order valence-corrected chi connectivity index (χ1v) is 7.76. The Labute approximate surface area is 142 Å². The summed E-state index contributed by atoms with van der Waals surface area (Å²) in [6.45, 7) is 0. The highest BCUT2D eigenvalue weighted by Crippen LogP contribution is 2.33. The van der Waals surface area contributed by atoms with E-state index < -0.39 is 29.7 Å². The molecule has 2 heterocycles. The molecule has 0 spiro atoms. The summed E-state index contributed by atoms with van der Waals surface area (Å²) in [6, 6.07) is 7.40. The van der Waals surface area contributed by atoms with Crippen LogP contribution in [-0.4, -0.2) is 34.6 Å². The van der Waals surface area contributed by atoms with Crippen LogP contribution < -0.4 is 5.32 Å². The number of benzene rings is 2. The molecule has 2 aromatic rings. The number of hydrogen-bond acceptors (Lipinski definition) is 4. The first-order chi connectivity index (χ1) is 12.0. The molecule has 122 valence electrons. The lowest BCUT2D eigenvalue weighted by Crippen LogP contribution is -2.57. The minimum Gasteiger partial charge on any atom is -0.295 e. The zero-order chi connectivity index (χ0) is 17.7. The first-order valence-electron chi connectivity index (χ1n) is 7.76. The highest BCUT2D eigenvalue weighted by atomic mass is 16.2. The van der Waals surface area contributed by atoms with Crippen molar-refractivity contribution in [2.45, 2.75) is 18.9 Å². The molecular formula is C19H12N2O4. The summed E-state index contributed by atoms with van der Waals surface area (Å²) in [5.74, 6) is 0.349. The van der Waals surface area contributed by atoms with Crippen LogP contribution in [0.2, 0.25) is 0 Å². The van der Waals surface area contributed by atoms with Gasteiger partial charge in [0.15, 0.2) is 0 Å². The van der Waals surface area contributed by atoms with Crippen molar-refractivity contribution < 1.29 is 19.2 Å². The molecule has 2 aliphatic rings. The predicted octanol–water partition coefficient (Wildman–Crippen LogP) is 1.22. The SMILES string of the molecule is C#Cc1cc2c3c(cccc3c1)C(=O)N(C1CCC(=O)NC1=O)C2=O. The third kappa shape index (κ3) is 2.13. The number of carbonyl (C=O) groups is 4. The number of amides is 4. The fraction of sp³-hybridized carbons (Fsp3) is 0.158. The summed E-state index contributed by atoms with van der Waals surface area (Å²) in [6.07, 6.45) is 5.66. The molecular weight excluding hydrogens is 320 g/mol. The van der Waals surface area contributed by atoms with Crippen molar-refractivity contribution in [2.75, 3.05) is 0 Å². The van der Waals surface area contributed by atoms with Gasteiger partial charge >= 0.3 is 0 Å². The van der Waals surface area contributed by atoms with Gasteiger partial charge in [-0.2, -0.15) is 0 Å². The summed E-state index contributed by atoms with van der Waals surface area (Å²) >= 11 is 0.